The van der Waals surface area contributed by atoms with Gasteiger partial charge in [-0.15, -0.1) is 0 Å². The average Bonchev–Trinajstić information content (AvgIpc) is 3.11. The van der Waals surface area contributed by atoms with Crippen molar-refractivity contribution in [3.63, 3.8) is 0 Å². The Morgan fingerprint density at radius 2 is 2.22 bits per heavy atom. The Bertz CT molecular complexity index is 482. The van der Waals surface area contributed by atoms with Gasteiger partial charge in [0.15, 0.2) is 5.82 Å². The zero-order valence-electron chi connectivity index (χ0n) is 10.3. The molecule has 1 atom stereocenters. The van der Waals surface area contributed by atoms with Crippen molar-refractivity contribution >= 4 is 0 Å². The highest BCUT2D eigenvalue weighted by atomic mass is 15.2. The van der Waals surface area contributed by atoms with Crippen molar-refractivity contribution in [2.75, 3.05) is 0 Å². The van der Waals surface area contributed by atoms with Crippen molar-refractivity contribution in [3.8, 4) is 0 Å². The number of imidazole rings is 1. The van der Waals surface area contributed by atoms with Gasteiger partial charge in [-0.1, -0.05) is 12.8 Å². The van der Waals surface area contributed by atoms with Crippen molar-refractivity contribution in [1.82, 2.24) is 25.1 Å². The van der Waals surface area contributed by atoms with Crippen LogP contribution in [0.4, 0.5) is 0 Å². The van der Waals surface area contributed by atoms with E-state index in [9.17, 15) is 0 Å². The first kappa shape index (κ1) is 11.4. The van der Waals surface area contributed by atoms with Gasteiger partial charge in [-0.05, 0) is 12.8 Å². The van der Waals surface area contributed by atoms with Crippen molar-refractivity contribution in [2.45, 2.75) is 44.1 Å². The third-order valence-corrected chi connectivity index (χ3v) is 3.59. The van der Waals surface area contributed by atoms with Gasteiger partial charge in [0, 0.05) is 24.2 Å². The Balaban J connectivity index is 1.68. The monoisotopic (exact) mass is 246 g/mol. The first-order valence-corrected chi connectivity index (χ1v) is 6.48. The largest absolute Gasteiger partial charge is 0.348 e. The summed E-state index contributed by atoms with van der Waals surface area (Å²) in [5.74, 6) is 2.25. The maximum Gasteiger partial charge on any atom is 0.167 e. The lowest BCUT2D eigenvalue weighted by Crippen LogP contribution is -2.15. The molecular weight excluding hydrogens is 228 g/mol. The molecule has 0 bridgehead atoms. The molecule has 2 aromatic heterocycles. The van der Waals surface area contributed by atoms with Crippen LogP contribution in [0.5, 0.6) is 0 Å². The molecule has 0 radical (unpaired) electrons. The van der Waals surface area contributed by atoms with Gasteiger partial charge in [0.1, 0.15) is 5.82 Å². The Morgan fingerprint density at radius 3 is 2.94 bits per heavy atom. The van der Waals surface area contributed by atoms with Crippen molar-refractivity contribution in [2.24, 2.45) is 5.73 Å². The molecule has 0 saturated heterocycles. The molecule has 18 heavy (non-hydrogen) atoms. The van der Waals surface area contributed by atoms with Gasteiger partial charge >= 0.3 is 0 Å². The van der Waals surface area contributed by atoms with Crippen molar-refractivity contribution < 1.29 is 0 Å². The summed E-state index contributed by atoms with van der Waals surface area (Å²) in [6, 6.07) is -0.183. The quantitative estimate of drug-likeness (QED) is 0.760. The van der Waals surface area contributed by atoms with Crippen LogP contribution in [-0.2, 0) is 6.42 Å². The Morgan fingerprint density at radius 1 is 1.39 bits per heavy atom. The second kappa shape index (κ2) is 4.89. The minimum Gasteiger partial charge on any atom is -0.348 e. The molecule has 6 heteroatoms. The van der Waals surface area contributed by atoms with Gasteiger partial charge in [0.2, 0.25) is 0 Å². The summed E-state index contributed by atoms with van der Waals surface area (Å²) < 4.78 is 0. The van der Waals surface area contributed by atoms with Gasteiger partial charge in [0.05, 0.1) is 12.4 Å². The van der Waals surface area contributed by atoms with Crippen molar-refractivity contribution in [1.29, 1.82) is 0 Å². The second-order valence-corrected chi connectivity index (χ2v) is 4.95. The van der Waals surface area contributed by atoms with E-state index in [4.69, 9.17) is 5.73 Å². The van der Waals surface area contributed by atoms with E-state index in [2.05, 4.69) is 25.1 Å². The van der Waals surface area contributed by atoms with Gasteiger partial charge in [-0.2, -0.15) is 5.10 Å². The second-order valence-electron chi connectivity index (χ2n) is 4.95. The molecule has 1 fully saturated rings. The molecule has 2 heterocycles. The van der Waals surface area contributed by atoms with Gasteiger partial charge in [0.25, 0.3) is 0 Å². The molecule has 6 nitrogen and oxygen atoms in total. The van der Waals surface area contributed by atoms with E-state index >= 15 is 0 Å². The highest BCUT2D eigenvalue weighted by Crippen LogP contribution is 2.32. The fourth-order valence-corrected chi connectivity index (χ4v) is 2.56. The molecule has 3 rings (SSSR count). The lowest BCUT2D eigenvalue weighted by molar-refractivity contribution is 0.653. The van der Waals surface area contributed by atoms with Gasteiger partial charge in [-0.3, -0.25) is 5.10 Å². The normalized spacial score (nSPS) is 18.3. The Hall–Kier alpha value is -1.69. The number of hydrogen-bond donors (Lipinski definition) is 3. The molecule has 1 saturated carbocycles. The number of H-pyrrole nitrogens is 2. The molecule has 1 unspecified atom stereocenters. The van der Waals surface area contributed by atoms with Crippen LogP contribution < -0.4 is 5.73 Å². The van der Waals surface area contributed by atoms with E-state index in [0.717, 1.165) is 11.5 Å². The maximum atomic E-state index is 6.11. The highest BCUT2D eigenvalue weighted by Gasteiger charge is 2.22. The van der Waals surface area contributed by atoms with Crippen LogP contribution in [0.1, 0.15) is 55.0 Å². The van der Waals surface area contributed by atoms with Crippen LogP contribution in [0.15, 0.2) is 12.5 Å². The van der Waals surface area contributed by atoms with Crippen LogP contribution >= 0.6 is 0 Å². The van der Waals surface area contributed by atoms with Crippen LogP contribution in [0, 0.1) is 0 Å². The molecular formula is C12H18N6. The van der Waals surface area contributed by atoms with Gasteiger partial charge in [-0.25, -0.2) is 9.97 Å². The molecule has 2 aromatic rings. The summed E-state index contributed by atoms with van der Waals surface area (Å²) in [6.07, 6.45) is 9.13. The van der Waals surface area contributed by atoms with Gasteiger partial charge < -0.3 is 10.7 Å². The van der Waals surface area contributed by atoms with Crippen LogP contribution in [0.3, 0.4) is 0 Å². The Kier molecular flexibility index (Phi) is 3.10. The summed E-state index contributed by atoms with van der Waals surface area (Å²) in [5.41, 5.74) is 7.11. The standard InChI is InChI=1S/C12H18N6/c13-10(5-9-6-14-7-15-9)12-16-11(17-18-12)8-3-1-2-4-8/h6-8,10H,1-5,13H2,(H,14,15)(H,16,17,18). The minimum absolute atomic E-state index is 0.183. The van der Waals surface area contributed by atoms with E-state index < -0.39 is 0 Å². The number of nitrogens with zero attached hydrogens (tertiary/aromatic N) is 3. The molecule has 4 N–H and O–H groups in total. The first-order chi connectivity index (χ1) is 8.83. The molecule has 0 aliphatic heterocycles. The average molecular weight is 246 g/mol. The summed E-state index contributed by atoms with van der Waals surface area (Å²) in [6.45, 7) is 0. The minimum atomic E-state index is -0.183. The number of nitrogens with two attached hydrogens (primary N) is 1. The zero-order valence-corrected chi connectivity index (χ0v) is 10.3. The number of aromatic amines is 2. The number of rotatable bonds is 4. The topological polar surface area (TPSA) is 96.3 Å². The zero-order chi connectivity index (χ0) is 12.4. The molecule has 96 valence electrons. The Labute approximate surface area is 105 Å². The smallest absolute Gasteiger partial charge is 0.167 e. The first-order valence-electron chi connectivity index (χ1n) is 6.48. The fraction of sp³-hybridized carbons (Fsp3) is 0.583. The number of hydrogen-bond acceptors (Lipinski definition) is 4. The van der Waals surface area contributed by atoms with E-state index in [1.54, 1.807) is 12.5 Å². The summed E-state index contributed by atoms with van der Waals surface area (Å²) >= 11 is 0. The van der Waals surface area contributed by atoms with Crippen LogP contribution in [0.25, 0.3) is 0 Å². The molecule has 0 spiro atoms. The third kappa shape index (κ3) is 2.28. The maximum absolute atomic E-state index is 6.11. The summed E-state index contributed by atoms with van der Waals surface area (Å²) in [4.78, 5) is 11.6. The molecule has 0 amide bonds. The number of nitrogens with one attached hydrogen (secondary N) is 2. The summed E-state index contributed by atoms with van der Waals surface area (Å²) in [7, 11) is 0. The lowest BCUT2D eigenvalue weighted by Gasteiger charge is -2.05. The lowest BCUT2D eigenvalue weighted by atomic mass is 10.1. The van der Waals surface area contributed by atoms with Crippen LogP contribution in [0.2, 0.25) is 0 Å². The van der Waals surface area contributed by atoms with E-state index in [0.29, 0.717) is 18.2 Å². The SMILES string of the molecule is NC(Cc1cnc[nH]1)c1n[nH]c(C2CCCC2)n1. The molecule has 0 aromatic carbocycles. The van der Waals surface area contributed by atoms with Crippen LogP contribution in [-0.4, -0.2) is 25.1 Å². The number of aromatic nitrogens is 5. The summed E-state index contributed by atoms with van der Waals surface area (Å²) in [5, 5.41) is 7.29. The van der Waals surface area contributed by atoms with E-state index in [1.165, 1.54) is 25.7 Å². The van der Waals surface area contributed by atoms with Crippen molar-refractivity contribution in [3.05, 3.63) is 29.9 Å². The predicted octanol–water partition coefficient (Wildman–Crippen LogP) is 1.43. The highest BCUT2D eigenvalue weighted by molar-refractivity contribution is 5.06. The fourth-order valence-electron chi connectivity index (χ4n) is 2.56. The van der Waals surface area contributed by atoms with E-state index in [1.807, 2.05) is 0 Å². The third-order valence-electron chi connectivity index (χ3n) is 3.59. The van der Waals surface area contributed by atoms with E-state index in [-0.39, 0.29) is 6.04 Å². The predicted molar refractivity (Wildman–Crippen MR) is 66.8 cm³/mol. The molecule has 1 aliphatic rings. The molecule has 1 aliphatic carbocycles.